The van der Waals surface area contributed by atoms with Gasteiger partial charge in [0.2, 0.25) is 5.91 Å². The number of nitrogens with two attached hydrogens (primary N) is 1. The van der Waals surface area contributed by atoms with Gasteiger partial charge in [0.05, 0.1) is 6.10 Å². The zero-order valence-corrected chi connectivity index (χ0v) is 11.9. The summed E-state index contributed by atoms with van der Waals surface area (Å²) in [5.41, 5.74) is 5.95. The van der Waals surface area contributed by atoms with Crippen molar-refractivity contribution in [3.05, 3.63) is 0 Å². The first-order valence-electron chi connectivity index (χ1n) is 6.99. The number of carbonyl (C=O) groups excluding carboxylic acids is 1. The molecular formula is C14H28N2O2. The molecule has 0 bridgehead atoms. The molecule has 1 saturated carbocycles. The minimum absolute atomic E-state index is 0.0376. The van der Waals surface area contributed by atoms with Gasteiger partial charge in [-0.3, -0.25) is 4.79 Å². The molecule has 0 aromatic carbocycles. The molecule has 1 rings (SSSR count). The smallest absolute Gasteiger partial charge is 0.223 e. The van der Waals surface area contributed by atoms with Crippen LogP contribution in [0.4, 0.5) is 0 Å². The minimum atomic E-state index is -0.466. The zero-order chi connectivity index (χ0) is 13.8. The summed E-state index contributed by atoms with van der Waals surface area (Å²) >= 11 is 0. The van der Waals surface area contributed by atoms with Gasteiger partial charge in [-0.05, 0) is 31.1 Å². The van der Waals surface area contributed by atoms with Gasteiger partial charge in [-0.1, -0.05) is 27.2 Å². The lowest BCUT2D eigenvalue weighted by atomic mass is 9.85. The topological polar surface area (TPSA) is 75.3 Å². The largest absolute Gasteiger partial charge is 0.391 e. The number of nitrogens with one attached hydrogen (secondary N) is 1. The van der Waals surface area contributed by atoms with Gasteiger partial charge >= 0.3 is 0 Å². The number of rotatable bonds is 4. The van der Waals surface area contributed by atoms with E-state index < -0.39 is 6.10 Å². The van der Waals surface area contributed by atoms with E-state index in [0.29, 0.717) is 13.0 Å². The minimum Gasteiger partial charge on any atom is -0.391 e. The van der Waals surface area contributed by atoms with Crippen LogP contribution in [0, 0.1) is 11.3 Å². The van der Waals surface area contributed by atoms with E-state index in [-0.39, 0.29) is 23.3 Å². The Kier molecular flexibility index (Phi) is 5.60. The molecule has 0 aromatic rings. The van der Waals surface area contributed by atoms with E-state index in [0.717, 1.165) is 25.7 Å². The molecule has 1 fully saturated rings. The average molecular weight is 256 g/mol. The van der Waals surface area contributed by atoms with E-state index in [1.54, 1.807) is 0 Å². The molecule has 0 aliphatic heterocycles. The number of hydrogen-bond donors (Lipinski definition) is 3. The van der Waals surface area contributed by atoms with E-state index in [9.17, 15) is 9.90 Å². The van der Waals surface area contributed by atoms with Gasteiger partial charge in [-0.25, -0.2) is 0 Å². The Labute approximate surface area is 110 Å². The zero-order valence-electron chi connectivity index (χ0n) is 11.9. The fourth-order valence-corrected chi connectivity index (χ4v) is 2.61. The normalized spacial score (nSPS) is 26.7. The molecule has 1 amide bonds. The predicted octanol–water partition coefficient (Wildman–Crippen LogP) is 1.42. The highest BCUT2D eigenvalue weighted by Gasteiger charge is 2.26. The Balaban J connectivity index is 2.28. The molecule has 0 saturated heterocycles. The van der Waals surface area contributed by atoms with Crippen LogP contribution in [0.2, 0.25) is 0 Å². The second-order valence-electron chi connectivity index (χ2n) is 6.79. The molecule has 0 spiro atoms. The fraction of sp³-hybridized carbons (Fsp3) is 0.929. The van der Waals surface area contributed by atoms with Gasteiger partial charge in [0, 0.05) is 18.5 Å². The van der Waals surface area contributed by atoms with Crippen LogP contribution >= 0.6 is 0 Å². The number of hydrogen-bond acceptors (Lipinski definition) is 3. The first kappa shape index (κ1) is 15.4. The predicted molar refractivity (Wildman–Crippen MR) is 73.0 cm³/mol. The number of aliphatic hydroxyl groups excluding tert-OH is 1. The van der Waals surface area contributed by atoms with Crippen LogP contribution in [-0.2, 0) is 4.79 Å². The summed E-state index contributed by atoms with van der Waals surface area (Å²) < 4.78 is 0. The summed E-state index contributed by atoms with van der Waals surface area (Å²) in [7, 11) is 0. The quantitative estimate of drug-likeness (QED) is 0.712. The lowest BCUT2D eigenvalue weighted by Crippen LogP contribution is -2.41. The van der Waals surface area contributed by atoms with Crippen molar-refractivity contribution in [1.29, 1.82) is 0 Å². The lowest BCUT2D eigenvalue weighted by molar-refractivity contribution is -0.126. The molecule has 3 unspecified atom stereocenters. The van der Waals surface area contributed by atoms with Gasteiger partial charge in [-0.2, -0.15) is 0 Å². The van der Waals surface area contributed by atoms with Gasteiger partial charge in [0.15, 0.2) is 0 Å². The molecule has 18 heavy (non-hydrogen) atoms. The first-order valence-corrected chi connectivity index (χ1v) is 6.99. The van der Waals surface area contributed by atoms with Crippen molar-refractivity contribution in [2.75, 3.05) is 6.54 Å². The summed E-state index contributed by atoms with van der Waals surface area (Å²) in [5, 5.41) is 12.7. The molecule has 0 aromatic heterocycles. The summed E-state index contributed by atoms with van der Waals surface area (Å²) in [6.07, 6.45) is 3.99. The summed E-state index contributed by atoms with van der Waals surface area (Å²) in [5.74, 6) is 0.0914. The van der Waals surface area contributed by atoms with E-state index in [4.69, 9.17) is 5.73 Å². The second kappa shape index (κ2) is 6.53. The van der Waals surface area contributed by atoms with Crippen molar-refractivity contribution in [2.24, 2.45) is 17.1 Å². The van der Waals surface area contributed by atoms with Crippen LogP contribution < -0.4 is 11.1 Å². The van der Waals surface area contributed by atoms with Crippen LogP contribution in [0.3, 0.4) is 0 Å². The molecule has 106 valence electrons. The molecule has 0 radical (unpaired) electrons. The van der Waals surface area contributed by atoms with Crippen molar-refractivity contribution >= 4 is 5.91 Å². The van der Waals surface area contributed by atoms with Crippen molar-refractivity contribution in [3.63, 3.8) is 0 Å². The second-order valence-corrected chi connectivity index (χ2v) is 6.79. The first-order chi connectivity index (χ1) is 8.28. The number of amides is 1. The average Bonchev–Trinajstić information content (AvgIpc) is 2.23. The Bertz CT molecular complexity index is 273. The van der Waals surface area contributed by atoms with Crippen molar-refractivity contribution in [2.45, 2.75) is 65.0 Å². The highest BCUT2D eigenvalue weighted by Crippen LogP contribution is 2.23. The maximum Gasteiger partial charge on any atom is 0.223 e. The molecular weight excluding hydrogens is 228 g/mol. The van der Waals surface area contributed by atoms with Gasteiger partial charge in [0.25, 0.3) is 0 Å². The lowest BCUT2D eigenvalue weighted by Gasteiger charge is -2.27. The van der Waals surface area contributed by atoms with Crippen LogP contribution in [-0.4, -0.2) is 29.7 Å². The highest BCUT2D eigenvalue weighted by atomic mass is 16.3. The van der Waals surface area contributed by atoms with Crippen LogP contribution in [0.25, 0.3) is 0 Å². The highest BCUT2D eigenvalue weighted by molar-refractivity contribution is 5.78. The van der Waals surface area contributed by atoms with Gasteiger partial charge in [-0.15, -0.1) is 0 Å². The Morgan fingerprint density at radius 2 is 2.11 bits per heavy atom. The molecule has 4 heteroatoms. The summed E-state index contributed by atoms with van der Waals surface area (Å²) in [4.78, 5) is 11.9. The molecule has 1 aliphatic rings. The standard InChI is InChI=1S/C14H28N2O2/c1-14(2,3)8-12(17)9-16-13(18)10-5-4-6-11(15)7-10/h10-12,17H,4-9,15H2,1-3H3,(H,16,18). The van der Waals surface area contributed by atoms with Crippen molar-refractivity contribution in [1.82, 2.24) is 5.32 Å². The Hall–Kier alpha value is -0.610. The third-order valence-corrected chi connectivity index (χ3v) is 3.45. The third kappa shape index (κ3) is 5.83. The van der Waals surface area contributed by atoms with E-state index in [1.807, 2.05) is 0 Å². The van der Waals surface area contributed by atoms with E-state index in [2.05, 4.69) is 26.1 Å². The van der Waals surface area contributed by atoms with Crippen molar-refractivity contribution < 1.29 is 9.90 Å². The van der Waals surface area contributed by atoms with Crippen LogP contribution in [0.15, 0.2) is 0 Å². The number of aliphatic hydroxyl groups is 1. The maximum absolute atomic E-state index is 11.9. The van der Waals surface area contributed by atoms with Gasteiger partial charge in [0.1, 0.15) is 0 Å². The molecule has 3 atom stereocenters. The number of carbonyl (C=O) groups is 1. The molecule has 0 heterocycles. The Morgan fingerprint density at radius 3 is 2.67 bits per heavy atom. The monoisotopic (exact) mass is 256 g/mol. The molecule has 4 N–H and O–H groups in total. The van der Waals surface area contributed by atoms with Gasteiger partial charge < -0.3 is 16.2 Å². The summed E-state index contributed by atoms with van der Waals surface area (Å²) in [6.45, 7) is 6.59. The fourth-order valence-electron chi connectivity index (χ4n) is 2.61. The Morgan fingerprint density at radius 1 is 1.44 bits per heavy atom. The SMILES string of the molecule is CC(C)(C)CC(O)CNC(=O)C1CCCC(N)C1. The molecule has 4 nitrogen and oxygen atoms in total. The van der Waals surface area contributed by atoms with Crippen LogP contribution in [0.5, 0.6) is 0 Å². The third-order valence-electron chi connectivity index (χ3n) is 3.45. The van der Waals surface area contributed by atoms with E-state index >= 15 is 0 Å². The van der Waals surface area contributed by atoms with Crippen molar-refractivity contribution in [3.8, 4) is 0 Å². The molecule has 1 aliphatic carbocycles. The maximum atomic E-state index is 11.9. The summed E-state index contributed by atoms with van der Waals surface area (Å²) in [6, 6.07) is 0.161. The van der Waals surface area contributed by atoms with E-state index in [1.165, 1.54) is 0 Å². The van der Waals surface area contributed by atoms with Crippen LogP contribution in [0.1, 0.15) is 52.9 Å².